The first kappa shape index (κ1) is 19.9. The van der Waals surface area contributed by atoms with Crippen LogP contribution in [0.2, 0.25) is 0 Å². The van der Waals surface area contributed by atoms with Crippen molar-refractivity contribution < 1.29 is 19.1 Å². The first-order valence-electron chi connectivity index (χ1n) is 8.50. The van der Waals surface area contributed by atoms with E-state index >= 15 is 0 Å². The maximum absolute atomic E-state index is 12.8. The molecule has 1 aliphatic rings. The van der Waals surface area contributed by atoms with Crippen LogP contribution in [0.1, 0.15) is 12.5 Å². The van der Waals surface area contributed by atoms with Gasteiger partial charge in [-0.15, -0.1) is 0 Å². The van der Waals surface area contributed by atoms with Gasteiger partial charge in [0.15, 0.2) is 10.9 Å². The molecular formula is C20H18N2O4S2. The summed E-state index contributed by atoms with van der Waals surface area (Å²) in [7, 11) is 0. The molecule has 0 unspecified atom stereocenters. The van der Waals surface area contributed by atoms with Crippen molar-refractivity contribution in [1.29, 1.82) is 0 Å². The van der Waals surface area contributed by atoms with E-state index in [0.29, 0.717) is 27.3 Å². The van der Waals surface area contributed by atoms with E-state index < -0.39 is 5.91 Å². The maximum Gasteiger partial charge on any atom is 0.270 e. The lowest BCUT2D eigenvalue weighted by molar-refractivity contribution is -0.120. The Morgan fingerprint density at radius 2 is 1.71 bits per heavy atom. The number of benzene rings is 2. The molecule has 0 spiro atoms. The minimum atomic E-state index is -0.540. The summed E-state index contributed by atoms with van der Waals surface area (Å²) in [5.74, 6) is 0.555. The lowest BCUT2D eigenvalue weighted by Crippen LogP contribution is -2.27. The fourth-order valence-corrected chi connectivity index (χ4v) is 3.81. The van der Waals surface area contributed by atoms with Gasteiger partial charge in [0.25, 0.3) is 11.8 Å². The number of hydrogen-bond donors (Lipinski definition) is 1. The van der Waals surface area contributed by atoms with E-state index in [1.54, 1.807) is 30.3 Å². The van der Waals surface area contributed by atoms with E-state index in [9.17, 15) is 9.59 Å². The van der Waals surface area contributed by atoms with Gasteiger partial charge < -0.3 is 15.2 Å². The van der Waals surface area contributed by atoms with Crippen molar-refractivity contribution in [1.82, 2.24) is 0 Å². The molecule has 3 rings (SSSR count). The summed E-state index contributed by atoms with van der Waals surface area (Å²) in [5.41, 5.74) is 6.57. The number of nitrogens with zero attached hydrogens (tertiary/aromatic N) is 1. The molecule has 0 aliphatic carbocycles. The summed E-state index contributed by atoms with van der Waals surface area (Å²) in [6.07, 6.45) is 1.77. The van der Waals surface area contributed by atoms with Gasteiger partial charge in [0, 0.05) is 0 Å². The molecule has 2 aromatic carbocycles. The second kappa shape index (κ2) is 8.90. The van der Waals surface area contributed by atoms with Crippen molar-refractivity contribution in [3.63, 3.8) is 0 Å². The number of ether oxygens (including phenoxy) is 2. The number of amides is 2. The normalized spacial score (nSPS) is 15.2. The van der Waals surface area contributed by atoms with Crippen molar-refractivity contribution in [3.8, 4) is 11.5 Å². The molecule has 2 N–H and O–H groups in total. The SMILES string of the molecule is CCOc1ccc(N2C(=O)/C(=C/c3ccc(OCC(N)=O)cc3)SC2=S)cc1. The van der Waals surface area contributed by atoms with E-state index in [0.717, 1.165) is 11.3 Å². The molecule has 0 atom stereocenters. The summed E-state index contributed by atoms with van der Waals surface area (Å²) in [5, 5.41) is 0. The van der Waals surface area contributed by atoms with Crippen LogP contribution < -0.4 is 20.1 Å². The summed E-state index contributed by atoms with van der Waals surface area (Å²) < 4.78 is 11.1. The number of carbonyl (C=O) groups is 2. The Balaban J connectivity index is 1.74. The number of nitrogens with two attached hydrogens (primary N) is 1. The standard InChI is InChI=1S/C20H18N2O4S2/c1-2-25-15-9-5-14(6-10-15)22-19(24)17(28-20(22)27)11-13-3-7-16(8-4-13)26-12-18(21)23/h3-11H,2,12H2,1H3,(H2,21,23)/b17-11-. The Labute approximate surface area is 172 Å². The molecule has 0 radical (unpaired) electrons. The van der Waals surface area contributed by atoms with Crippen molar-refractivity contribution in [3.05, 3.63) is 59.0 Å². The van der Waals surface area contributed by atoms with Crippen molar-refractivity contribution in [2.24, 2.45) is 5.73 Å². The molecule has 144 valence electrons. The molecule has 6 nitrogen and oxygen atoms in total. The predicted octanol–water partition coefficient (Wildman–Crippen LogP) is 3.36. The topological polar surface area (TPSA) is 81.9 Å². The van der Waals surface area contributed by atoms with E-state index in [4.69, 9.17) is 27.4 Å². The van der Waals surface area contributed by atoms with Crippen molar-refractivity contribution >= 4 is 51.9 Å². The van der Waals surface area contributed by atoms with Gasteiger partial charge in [-0.3, -0.25) is 14.5 Å². The lowest BCUT2D eigenvalue weighted by Gasteiger charge is -2.15. The third kappa shape index (κ3) is 4.71. The molecule has 1 saturated heterocycles. The van der Waals surface area contributed by atoms with E-state index in [1.807, 2.05) is 31.2 Å². The third-order valence-electron chi connectivity index (χ3n) is 3.76. The Hall–Kier alpha value is -2.84. The van der Waals surface area contributed by atoms with Crippen LogP contribution in [-0.4, -0.2) is 29.3 Å². The Bertz CT molecular complexity index is 924. The predicted molar refractivity (Wildman–Crippen MR) is 114 cm³/mol. The Morgan fingerprint density at radius 1 is 1.11 bits per heavy atom. The van der Waals surface area contributed by atoms with Crippen molar-refractivity contribution in [2.45, 2.75) is 6.92 Å². The first-order valence-corrected chi connectivity index (χ1v) is 9.72. The monoisotopic (exact) mass is 414 g/mol. The summed E-state index contributed by atoms with van der Waals surface area (Å²) in [4.78, 5) is 25.6. The van der Waals surface area contributed by atoms with E-state index in [1.165, 1.54) is 16.7 Å². The second-order valence-corrected chi connectivity index (χ2v) is 7.44. The van der Waals surface area contributed by atoms with Crippen molar-refractivity contribution in [2.75, 3.05) is 18.1 Å². The zero-order chi connectivity index (χ0) is 20.1. The van der Waals surface area contributed by atoms with Gasteiger partial charge in [0.1, 0.15) is 11.5 Å². The number of anilines is 1. The highest BCUT2D eigenvalue weighted by Crippen LogP contribution is 2.36. The van der Waals surface area contributed by atoms with Crippen LogP contribution in [0, 0.1) is 0 Å². The molecule has 1 aliphatic heterocycles. The molecule has 0 aromatic heterocycles. The fourth-order valence-electron chi connectivity index (χ4n) is 2.51. The highest BCUT2D eigenvalue weighted by Gasteiger charge is 2.33. The molecule has 1 heterocycles. The van der Waals surface area contributed by atoms with Crippen LogP contribution in [0.4, 0.5) is 5.69 Å². The van der Waals surface area contributed by atoms with Gasteiger partial charge >= 0.3 is 0 Å². The van der Waals surface area contributed by atoms with Crippen LogP contribution in [0.3, 0.4) is 0 Å². The summed E-state index contributed by atoms with van der Waals surface area (Å²) in [6.45, 7) is 2.31. The molecule has 28 heavy (non-hydrogen) atoms. The average molecular weight is 415 g/mol. The largest absolute Gasteiger partial charge is 0.494 e. The number of thioether (sulfide) groups is 1. The number of primary amides is 1. The van der Waals surface area contributed by atoms with Crippen LogP contribution in [-0.2, 0) is 9.59 Å². The van der Waals surface area contributed by atoms with E-state index in [2.05, 4.69) is 0 Å². The number of rotatable bonds is 7. The van der Waals surface area contributed by atoms with Gasteiger partial charge in [-0.1, -0.05) is 36.1 Å². The van der Waals surface area contributed by atoms with Gasteiger partial charge in [-0.25, -0.2) is 0 Å². The van der Waals surface area contributed by atoms with Gasteiger partial charge in [-0.05, 0) is 55.0 Å². The molecular weight excluding hydrogens is 396 g/mol. The van der Waals surface area contributed by atoms with Crippen LogP contribution in [0.25, 0.3) is 6.08 Å². The lowest BCUT2D eigenvalue weighted by atomic mass is 10.2. The average Bonchev–Trinajstić information content (AvgIpc) is 2.95. The zero-order valence-corrected chi connectivity index (χ0v) is 16.7. The first-order chi connectivity index (χ1) is 13.5. The van der Waals surface area contributed by atoms with Gasteiger partial charge in [-0.2, -0.15) is 0 Å². The van der Waals surface area contributed by atoms with E-state index in [-0.39, 0.29) is 12.5 Å². The van der Waals surface area contributed by atoms with Crippen LogP contribution in [0.5, 0.6) is 11.5 Å². The third-order valence-corrected chi connectivity index (χ3v) is 5.06. The molecule has 2 amide bonds. The molecule has 0 saturated carbocycles. The van der Waals surface area contributed by atoms with Gasteiger partial charge in [0.2, 0.25) is 0 Å². The molecule has 0 bridgehead atoms. The summed E-state index contributed by atoms with van der Waals surface area (Å²) >= 11 is 6.64. The number of thiocarbonyl (C=S) groups is 1. The minimum Gasteiger partial charge on any atom is -0.494 e. The second-order valence-electron chi connectivity index (χ2n) is 5.77. The Kier molecular flexibility index (Phi) is 6.33. The molecule has 2 aromatic rings. The number of carbonyl (C=O) groups excluding carboxylic acids is 2. The highest BCUT2D eigenvalue weighted by atomic mass is 32.2. The maximum atomic E-state index is 12.8. The summed E-state index contributed by atoms with van der Waals surface area (Å²) in [6, 6.07) is 14.2. The van der Waals surface area contributed by atoms with Gasteiger partial charge in [0.05, 0.1) is 17.2 Å². The Morgan fingerprint density at radius 3 is 2.32 bits per heavy atom. The molecule has 8 heteroatoms. The smallest absolute Gasteiger partial charge is 0.270 e. The quantitative estimate of drug-likeness (QED) is 0.553. The van der Waals surface area contributed by atoms with Crippen LogP contribution in [0.15, 0.2) is 53.4 Å². The molecule has 1 fully saturated rings. The zero-order valence-electron chi connectivity index (χ0n) is 15.1. The fraction of sp³-hybridized carbons (Fsp3) is 0.150. The minimum absolute atomic E-state index is 0.173. The number of hydrogen-bond acceptors (Lipinski definition) is 6. The van der Waals surface area contributed by atoms with Crippen LogP contribution >= 0.6 is 24.0 Å². The highest BCUT2D eigenvalue weighted by molar-refractivity contribution is 8.27.